The van der Waals surface area contributed by atoms with Crippen LogP contribution in [0.2, 0.25) is 0 Å². The van der Waals surface area contributed by atoms with Crippen LogP contribution in [0.4, 0.5) is 10.6 Å². The summed E-state index contributed by atoms with van der Waals surface area (Å²) >= 11 is 0. The van der Waals surface area contributed by atoms with E-state index in [0.29, 0.717) is 5.82 Å². The highest BCUT2D eigenvalue weighted by molar-refractivity contribution is 5.90. The summed E-state index contributed by atoms with van der Waals surface area (Å²) in [6, 6.07) is 9.22. The molecule has 27 heavy (non-hydrogen) atoms. The maximum atomic E-state index is 12.4. The van der Waals surface area contributed by atoms with Crippen LogP contribution in [0.3, 0.4) is 0 Å². The quantitative estimate of drug-likeness (QED) is 0.634. The van der Waals surface area contributed by atoms with Crippen molar-refractivity contribution in [2.75, 3.05) is 5.32 Å². The number of primary amides is 1. The van der Waals surface area contributed by atoms with E-state index >= 15 is 0 Å². The van der Waals surface area contributed by atoms with Crippen LogP contribution in [0.25, 0.3) is 5.69 Å². The Labute approximate surface area is 154 Å². The third kappa shape index (κ3) is 3.39. The number of amides is 3. The Balaban J connectivity index is 1.50. The number of aryl methyl sites for hydroxylation is 1. The maximum Gasteiger partial charge on any atom is 0.320 e. The zero-order chi connectivity index (χ0) is 18.8. The molecule has 1 aliphatic rings. The molecular formula is C18H18N6O3. The molecule has 0 bridgehead atoms. The van der Waals surface area contributed by atoms with E-state index in [1.165, 1.54) is 0 Å². The molecule has 0 unspecified atom stereocenters. The molecule has 0 spiro atoms. The van der Waals surface area contributed by atoms with Gasteiger partial charge in [0.05, 0.1) is 17.9 Å². The minimum Gasteiger partial charge on any atom is -0.446 e. The second kappa shape index (κ2) is 6.94. The first kappa shape index (κ1) is 16.8. The predicted molar refractivity (Wildman–Crippen MR) is 96.5 cm³/mol. The zero-order valence-electron chi connectivity index (χ0n) is 14.4. The van der Waals surface area contributed by atoms with Gasteiger partial charge < -0.3 is 15.5 Å². The number of carbonyl (C=O) groups is 2. The van der Waals surface area contributed by atoms with E-state index in [-0.39, 0.29) is 18.1 Å². The van der Waals surface area contributed by atoms with Crippen molar-refractivity contribution in [3.8, 4) is 5.69 Å². The zero-order valence-corrected chi connectivity index (χ0v) is 14.4. The summed E-state index contributed by atoms with van der Waals surface area (Å²) in [5.74, 6) is 0.175. The fourth-order valence-corrected chi connectivity index (χ4v) is 3.09. The number of nitrogens with one attached hydrogen (secondary N) is 2. The fraction of sp³-hybridized carbons (Fsp3) is 0.222. The predicted octanol–water partition coefficient (Wildman–Crippen LogP) is 1.77. The van der Waals surface area contributed by atoms with Crippen LogP contribution in [0.15, 0.2) is 41.0 Å². The summed E-state index contributed by atoms with van der Waals surface area (Å²) in [4.78, 5) is 27.3. The number of nitrogens with zero attached hydrogens (tertiary/aromatic N) is 3. The number of aromatic nitrogens is 3. The van der Waals surface area contributed by atoms with Gasteiger partial charge in [-0.15, -0.1) is 0 Å². The van der Waals surface area contributed by atoms with E-state index in [9.17, 15) is 9.59 Å². The normalized spacial score (nSPS) is 12.6. The molecule has 9 heteroatoms. The van der Waals surface area contributed by atoms with Crippen molar-refractivity contribution in [3.05, 3.63) is 59.4 Å². The number of hydrogen-bond acceptors (Lipinski definition) is 5. The average molecular weight is 366 g/mol. The van der Waals surface area contributed by atoms with Crippen LogP contribution in [0.1, 0.15) is 34.1 Å². The fourth-order valence-electron chi connectivity index (χ4n) is 3.09. The first-order chi connectivity index (χ1) is 13.1. The van der Waals surface area contributed by atoms with Gasteiger partial charge in [0.2, 0.25) is 5.89 Å². The molecule has 0 radical (unpaired) electrons. The van der Waals surface area contributed by atoms with Gasteiger partial charge in [-0.2, -0.15) is 5.10 Å². The Morgan fingerprint density at radius 2 is 2.04 bits per heavy atom. The van der Waals surface area contributed by atoms with Gasteiger partial charge in [-0.05, 0) is 31.4 Å². The highest BCUT2D eigenvalue weighted by Crippen LogP contribution is 2.30. The number of hydrogen-bond donors (Lipinski definition) is 3. The van der Waals surface area contributed by atoms with Crippen molar-refractivity contribution in [2.24, 2.45) is 5.73 Å². The number of urea groups is 1. The smallest absolute Gasteiger partial charge is 0.320 e. The average Bonchev–Trinajstić information content (AvgIpc) is 3.38. The minimum absolute atomic E-state index is 0.0205. The molecule has 1 aromatic carbocycles. The molecule has 4 N–H and O–H groups in total. The molecule has 0 saturated heterocycles. The van der Waals surface area contributed by atoms with E-state index in [2.05, 4.69) is 20.7 Å². The van der Waals surface area contributed by atoms with Crippen molar-refractivity contribution in [1.29, 1.82) is 0 Å². The van der Waals surface area contributed by atoms with Gasteiger partial charge >= 0.3 is 6.03 Å². The lowest BCUT2D eigenvalue weighted by Crippen LogP contribution is -2.29. The third-order valence-electron chi connectivity index (χ3n) is 4.34. The summed E-state index contributed by atoms with van der Waals surface area (Å²) in [7, 11) is 0. The summed E-state index contributed by atoms with van der Waals surface area (Å²) in [5, 5.41) is 10.2. The summed E-state index contributed by atoms with van der Waals surface area (Å²) in [6.07, 6.45) is 3.96. The van der Waals surface area contributed by atoms with Gasteiger partial charge in [0.25, 0.3) is 5.91 Å². The Hall–Kier alpha value is -3.62. The lowest BCUT2D eigenvalue weighted by Gasteiger charge is -2.11. The summed E-state index contributed by atoms with van der Waals surface area (Å²) < 4.78 is 6.86. The van der Waals surface area contributed by atoms with Gasteiger partial charge in [-0.3, -0.25) is 10.1 Å². The van der Waals surface area contributed by atoms with Gasteiger partial charge in [-0.25, -0.2) is 14.5 Å². The summed E-state index contributed by atoms with van der Waals surface area (Å²) in [6.45, 7) is 0.0285. The first-order valence-electron chi connectivity index (χ1n) is 8.57. The van der Waals surface area contributed by atoms with Crippen molar-refractivity contribution >= 4 is 17.8 Å². The van der Waals surface area contributed by atoms with E-state index < -0.39 is 11.9 Å². The monoisotopic (exact) mass is 366 g/mol. The highest BCUT2D eigenvalue weighted by Gasteiger charge is 2.24. The molecule has 0 atom stereocenters. The molecule has 1 aliphatic carbocycles. The number of rotatable bonds is 5. The van der Waals surface area contributed by atoms with Gasteiger partial charge in [0.15, 0.2) is 5.69 Å². The molecule has 3 amide bonds. The minimum atomic E-state index is -0.684. The number of nitrogens with two attached hydrogens (primary N) is 1. The molecule has 4 rings (SSSR count). The highest BCUT2D eigenvalue weighted by atomic mass is 16.3. The van der Waals surface area contributed by atoms with Gasteiger partial charge in [0, 0.05) is 5.56 Å². The third-order valence-corrected chi connectivity index (χ3v) is 4.34. The molecule has 0 saturated carbocycles. The van der Waals surface area contributed by atoms with Crippen LogP contribution in [-0.2, 0) is 19.4 Å². The number of oxazole rings is 1. The molecule has 138 valence electrons. The molecule has 3 aromatic rings. The number of carbonyl (C=O) groups excluding carboxylic acids is 2. The molecule has 2 heterocycles. The molecule has 9 nitrogen and oxygen atoms in total. The Bertz CT molecular complexity index is 992. The number of fused-ring (bicyclic) bond motifs is 1. The number of para-hydroxylation sites is 1. The van der Waals surface area contributed by atoms with E-state index in [1.807, 2.05) is 30.3 Å². The van der Waals surface area contributed by atoms with Crippen LogP contribution in [0, 0.1) is 0 Å². The van der Waals surface area contributed by atoms with Crippen LogP contribution >= 0.6 is 0 Å². The Morgan fingerprint density at radius 3 is 2.78 bits per heavy atom. The summed E-state index contributed by atoms with van der Waals surface area (Å²) in [5.41, 5.74) is 8.09. The van der Waals surface area contributed by atoms with Crippen LogP contribution in [-0.4, -0.2) is 26.7 Å². The van der Waals surface area contributed by atoms with Crippen molar-refractivity contribution in [2.45, 2.75) is 25.8 Å². The first-order valence-corrected chi connectivity index (χ1v) is 8.57. The molecule has 2 aromatic heterocycles. The van der Waals surface area contributed by atoms with Crippen molar-refractivity contribution in [1.82, 2.24) is 20.1 Å². The van der Waals surface area contributed by atoms with E-state index in [1.54, 1.807) is 4.68 Å². The second-order valence-electron chi connectivity index (χ2n) is 6.17. The van der Waals surface area contributed by atoms with E-state index in [4.69, 9.17) is 10.2 Å². The van der Waals surface area contributed by atoms with Gasteiger partial charge in [-0.1, -0.05) is 18.2 Å². The largest absolute Gasteiger partial charge is 0.446 e. The van der Waals surface area contributed by atoms with Gasteiger partial charge in [0.1, 0.15) is 12.1 Å². The van der Waals surface area contributed by atoms with E-state index in [0.717, 1.165) is 42.5 Å². The lowest BCUT2D eigenvalue weighted by molar-refractivity contribution is 0.0995. The topological polar surface area (TPSA) is 128 Å². The van der Waals surface area contributed by atoms with Crippen molar-refractivity contribution in [3.63, 3.8) is 0 Å². The Kier molecular flexibility index (Phi) is 4.33. The standard InChI is InChI=1S/C18H18N6O3/c19-16(25)14-10-27-15(21-14)9-20-18(26)22-17-12-7-4-8-13(12)23-24(17)11-5-2-1-3-6-11/h1-3,5-6,10H,4,7-9H2,(H2,19,25)(H2,20,22,26). The molecular weight excluding hydrogens is 348 g/mol. The van der Waals surface area contributed by atoms with Crippen LogP contribution in [0.5, 0.6) is 0 Å². The molecule has 0 aliphatic heterocycles. The SMILES string of the molecule is NC(=O)c1coc(CNC(=O)Nc2c3c(nn2-c2ccccc2)CCC3)n1. The maximum absolute atomic E-state index is 12.4. The van der Waals surface area contributed by atoms with Crippen molar-refractivity contribution < 1.29 is 14.0 Å². The molecule has 0 fully saturated rings. The van der Waals surface area contributed by atoms with Crippen LogP contribution < -0.4 is 16.4 Å². The Morgan fingerprint density at radius 1 is 1.22 bits per heavy atom. The number of benzene rings is 1. The lowest BCUT2D eigenvalue weighted by atomic mass is 10.2. The number of anilines is 1. The second-order valence-corrected chi connectivity index (χ2v) is 6.17.